The summed E-state index contributed by atoms with van der Waals surface area (Å²) >= 11 is 6.23. The first-order valence-corrected chi connectivity index (χ1v) is 10.6. The van der Waals surface area contributed by atoms with Crippen LogP contribution < -0.4 is 9.47 Å². The number of fused-ring (bicyclic) bond motifs is 1. The number of nitrogens with zero attached hydrogens (tertiary/aromatic N) is 1. The van der Waals surface area contributed by atoms with Crippen LogP contribution in [0.15, 0.2) is 60.7 Å². The minimum absolute atomic E-state index is 0.227. The molecule has 4 rings (SSSR count). The highest BCUT2D eigenvalue weighted by Crippen LogP contribution is 2.42. The SMILES string of the molecule is COc1cc2c(cc1OC)[C@@H](c1cccc(Cl)c1)N(C(=O)c1ccccc1C(F)(F)F)CC2. The molecule has 0 fully saturated rings. The Labute approximate surface area is 194 Å². The smallest absolute Gasteiger partial charge is 0.417 e. The molecular formula is C25H21ClF3NO3. The topological polar surface area (TPSA) is 38.8 Å². The fourth-order valence-corrected chi connectivity index (χ4v) is 4.47. The first-order chi connectivity index (χ1) is 15.7. The predicted octanol–water partition coefficient (Wildman–Crippen LogP) is 6.16. The molecule has 1 aliphatic heterocycles. The van der Waals surface area contributed by atoms with E-state index in [4.69, 9.17) is 21.1 Å². The average molecular weight is 476 g/mol. The molecule has 0 aromatic heterocycles. The van der Waals surface area contributed by atoms with Gasteiger partial charge in [0.25, 0.3) is 5.91 Å². The van der Waals surface area contributed by atoms with Crippen LogP contribution in [0.5, 0.6) is 11.5 Å². The van der Waals surface area contributed by atoms with Gasteiger partial charge in [-0.15, -0.1) is 0 Å². The van der Waals surface area contributed by atoms with Crippen molar-refractivity contribution in [2.24, 2.45) is 0 Å². The molecule has 0 bridgehead atoms. The van der Waals surface area contributed by atoms with Crippen molar-refractivity contribution in [2.45, 2.75) is 18.6 Å². The van der Waals surface area contributed by atoms with Gasteiger partial charge in [0.05, 0.1) is 31.4 Å². The van der Waals surface area contributed by atoms with Gasteiger partial charge in [-0.05, 0) is 59.5 Å². The van der Waals surface area contributed by atoms with Gasteiger partial charge in [0.15, 0.2) is 11.5 Å². The molecule has 1 amide bonds. The molecule has 1 atom stereocenters. The quantitative estimate of drug-likeness (QED) is 0.453. The van der Waals surface area contributed by atoms with E-state index in [2.05, 4.69) is 0 Å². The van der Waals surface area contributed by atoms with E-state index in [0.717, 1.165) is 17.2 Å². The van der Waals surface area contributed by atoms with Crippen molar-refractivity contribution in [1.29, 1.82) is 0 Å². The summed E-state index contributed by atoms with van der Waals surface area (Å²) in [6.07, 6.45) is -4.20. The van der Waals surface area contributed by atoms with Crippen molar-refractivity contribution in [3.05, 3.63) is 93.5 Å². The monoisotopic (exact) mass is 475 g/mol. The molecule has 0 radical (unpaired) electrons. The third-order valence-corrected chi connectivity index (χ3v) is 6.00. The molecule has 4 nitrogen and oxygen atoms in total. The molecule has 1 aliphatic rings. The number of ether oxygens (including phenoxy) is 2. The first-order valence-electron chi connectivity index (χ1n) is 10.2. The molecule has 3 aromatic carbocycles. The van der Waals surface area contributed by atoms with Crippen LogP contribution in [0.1, 0.15) is 38.7 Å². The maximum absolute atomic E-state index is 13.7. The molecule has 3 aromatic rings. The largest absolute Gasteiger partial charge is 0.493 e. The van der Waals surface area contributed by atoms with Gasteiger partial charge in [0.1, 0.15) is 0 Å². The third kappa shape index (κ3) is 4.37. The second kappa shape index (κ2) is 8.98. The van der Waals surface area contributed by atoms with E-state index in [1.54, 1.807) is 30.3 Å². The number of carbonyl (C=O) groups is 1. The number of halogens is 4. The molecule has 33 heavy (non-hydrogen) atoms. The average Bonchev–Trinajstić information content (AvgIpc) is 2.81. The lowest BCUT2D eigenvalue weighted by Crippen LogP contribution is -2.41. The minimum atomic E-state index is -4.65. The van der Waals surface area contributed by atoms with Crippen LogP contribution in [-0.4, -0.2) is 31.6 Å². The molecule has 0 unspecified atom stereocenters. The van der Waals surface area contributed by atoms with Crippen LogP contribution in [0.4, 0.5) is 13.2 Å². The lowest BCUT2D eigenvalue weighted by atomic mass is 9.87. The fourth-order valence-electron chi connectivity index (χ4n) is 4.27. The predicted molar refractivity (Wildman–Crippen MR) is 119 cm³/mol. The Kier molecular flexibility index (Phi) is 6.26. The number of carbonyl (C=O) groups excluding carboxylic acids is 1. The Bertz CT molecular complexity index is 1200. The highest BCUT2D eigenvalue weighted by molar-refractivity contribution is 6.30. The Morgan fingerprint density at radius 3 is 2.36 bits per heavy atom. The van der Waals surface area contributed by atoms with E-state index in [1.807, 2.05) is 6.07 Å². The van der Waals surface area contributed by atoms with E-state index in [0.29, 0.717) is 28.5 Å². The Morgan fingerprint density at radius 2 is 1.70 bits per heavy atom. The van der Waals surface area contributed by atoms with Crippen molar-refractivity contribution in [3.8, 4) is 11.5 Å². The second-order valence-corrected chi connectivity index (χ2v) is 8.09. The van der Waals surface area contributed by atoms with Crippen molar-refractivity contribution in [1.82, 2.24) is 4.90 Å². The van der Waals surface area contributed by atoms with Gasteiger partial charge in [-0.1, -0.05) is 35.9 Å². The van der Waals surface area contributed by atoms with E-state index < -0.39 is 23.7 Å². The summed E-state index contributed by atoms with van der Waals surface area (Å²) in [5, 5.41) is 0.461. The summed E-state index contributed by atoms with van der Waals surface area (Å²) in [5.74, 6) is 0.310. The maximum Gasteiger partial charge on any atom is 0.417 e. The number of hydrogen-bond acceptors (Lipinski definition) is 3. The normalized spacial score (nSPS) is 15.7. The third-order valence-electron chi connectivity index (χ3n) is 5.76. The van der Waals surface area contributed by atoms with Crippen LogP contribution >= 0.6 is 11.6 Å². The Morgan fingerprint density at radius 1 is 1.00 bits per heavy atom. The summed E-state index contributed by atoms with van der Waals surface area (Å²) in [7, 11) is 3.04. The lowest BCUT2D eigenvalue weighted by molar-refractivity contribution is -0.138. The second-order valence-electron chi connectivity index (χ2n) is 7.66. The Hall–Kier alpha value is -3.19. The minimum Gasteiger partial charge on any atom is -0.493 e. The number of methoxy groups -OCH3 is 2. The van der Waals surface area contributed by atoms with Crippen molar-refractivity contribution >= 4 is 17.5 Å². The van der Waals surface area contributed by atoms with Gasteiger partial charge in [0, 0.05) is 11.6 Å². The van der Waals surface area contributed by atoms with Crippen LogP contribution in [0.2, 0.25) is 5.02 Å². The molecular weight excluding hydrogens is 455 g/mol. The highest BCUT2D eigenvalue weighted by Gasteiger charge is 2.39. The Balaban J connectivity index is 1.88. The van der Waals surface area contributed by atoms with Gasteiger partial charge in [-0.3, -0.25) is 4.79 Å². The van der Waals surface area contributed by atoms with Gasteiger partial charge in [-0.25, -0.2) is 0 Å². The van der Waals surface area contributed by atoms with Crippen LogP contribution in [-0.2, 0) is 12.6 Å². The van der Waals surface area contributed by atoms with E-state index >= 15 is 0 Å². The zero-order valence-electron chi connectivity index (χ0n) is 17.9. The van der Waals surface area contributed by atoms with E-state index in [-0.39, 0.29) is 12.1 Å². The molecule has 0 saturated heterocycles. The van der Waals surface area contributed by atoms with Gasteiger partial charge >= 0.3 is 6.18 Å². The summed E-state index contributed by atoms with van der Waals surface area (Å²) in [5.41, 5.74) is 1.01. The number of benzene rings is 3. The number of alkyl halides is 3. The molecule has 0 spiro atoms. The first kappa shape index (κ1) is 23.0. The molecule has 8 heteroatoms. The van der Waals surface area contributed by atoms with Gasteiger partial charge in [0.2, 0.25) is 0 Å². The molecule has 0 saturated carbocycles. The lowest BCUT2D eigenvalue weighted by Gasteiger charge is -2.38. The van der Waals surface area contributed by atoms with Crippen molar-refractivity contribution in [2.75, 3.05) is 20.8 Å². The number of rotatable bonds is 4. The summed E-state index contributed by atoms with van der Waals surface area (Å²) in [4.78, 5) is 15.0. The summed E-state index contributed by atoms with van der Waals surface area (Å²) in [6.45, 7) is 0.227. The molecule has 172 valence electrons. The zero-order valence-corrected chi connectivity index (χ0v) is 18.7. The van der Waals surface area contributed by atoms with Crippen molar-refractivity contribution < 1.29 is 27.4 Å². The number of amides is 1. The number of hydrogen-bond donors (Lipinski definition) is 0. The van der Waals surface area contributed by atoms with Gasteiger partial charge < -0.3 is 14.4 Å². The van der Waals surface area contributed by atoms with Crippen LogP contribution in [0.25, 0.3) is 0 Å². The fraction of sp³-hybridized carbons (Fsp3) is 0.240. The standard InChI is InChI=1S/C25H21ClF3NO3/c1-32-21-13-15-10-11-30(24(31)18-8-3-4-9-20(18)25(27,28)29)23(19(15)14-22(21)33-2)16-6-5-7-17(26)12-16/h3-9,12-14,23H,10-11H2,1-2H3/t23-/m1/s1. The highest BCUT2D eigenvalue weighted by atomic mass is 35.5. The van der Waals surface area contributed by atoms with E-state index in [1.165, 1.54) is 37.3 Å². The zero-order chi connectivity index (χ0) is 23.8. The van der Waals surface area contributed by atoms with Crippen LogP contribution in [0, 0.1) is 0 Å². The molecule has 0 aliphatic carbocycles. The van der Waals surface area contributed by atoms with Crippen LogP contribution in [0.3, 0.4) is 0 Å². The summed E-state index contributed by atoms with van der Waals surface area (Å²) in [6, 6.07) is 14.8. The summed E-state index contributed by atoms with van der Waals surface area (Å²) < 4.78 is 51.8. The van der Waals surface area contributed by atoms with Gasteiger partial charge in [-0.2, -0.15) is 13.2 Å². The molecule has 1 heterocycles. The molecule has 0 N–H and O–H groups in total. The maximum atomic E-state index is 13.7. The van der Waals surface area contributed by atoms with Crippen molar-refractivity contribution in [3.63, 3.8) is 0 Å². The van der Waals surface area contributed by atoms with E-state index in [9.17, 15) is 18.0 Å².